The smallest absolute Gasteiger partial charge is 0.829 e. The molecule has 72 valence electrons. The Kier molecular flexibility index (Phi) is 4.33. The molecule has 1 saturated heterocycles. The first-order valence-electron chi connectivity index (χ1n) is 2.45. The molecule has 13 heavy (non-hydrogen) atoms. The molecule has 0 N–H and O–H groups in total. The van der Waals surface area contributed by atoms with Crippen LogP contribution in [0.25, 0.3) is 0 Å². The van der Waals surface area contributed by atoms with Crippen LogP contribution in [0.2, 0.25) is 0 Å². The number of hydrogen-bond acceptors (Lipinski definition) is 9. The third-order valence-electron chi connectivity index (χ3n) is 0.750. The number of rotatable bonds is 0. The molecule has 1 fully saturated rings. The molecule has 13 heteroatoms. The van der Waals surface area contributed by atoms with E-state index in [4.69, 9.17) is 0 Å². The fourth-order valence-corrected chi connectivity index (χ4v) is 5.82. The van der Waals surface area contributed by atoms with E-state index in [0.29, 0.717) is 0 Å². The summed E-state index contributed by atoms with van der Waals surface area (Å²) in [5, 5.41) is 0. The van der Waals surface area contributed by atoms with E-state index in [0.717, 1.165) is 0 Å². The van der Waals surface area contributed by atoms with Crippen molar-refractivity contribution in [3.05, 3.63) is 0 Å². The zero-order valence-electron chi connectivity index (χ0n) is 5.67. The van der Waals surface area contributed by atoms with Crippen LogP contribution in [0.5, 0.6) is 0 Å². The standard InChI is InChI=1S/O9Si3.Zr/c1-10(2)7-11(3,4)9-12(5,6)8-10;/q-6;+4. The van der Waals surface area contributed by atoms with Crippen molar-refractivity contribution >= 4 is 27.1 Å². The van der Waals surface area contributed by atoms with Crippen LogP contribution in [0, 0.1) is 0 Å². The maximum Gasteiger partial charge on any atom is 4.00 e. The van der Waals surface area contributed by atoms with Crippen LogP contribution in [0.1, 0.15) is 0 Å². The Balaban J connectivity index is 0.00000144. The second kappa shape index (κ2) is 3.97. The van der Waals surface area contributed by atoms with Crippen molar-refractivity contribution < 1.29 is 67.3 Å². The molecule has 1 aliphatic heterocycles. The molecule has 0 saturated carbocycles. The van der Waals surface area contributed by atoms with Crippen LogP contribution in [-0.2, 0) is 38.5 Å². The van der Waals surface area contributed by atoms with E-state index < -0.39 is 27.1 Å². The Labute approximate surface area is 94.3 Å². The van der Waals surface area contributed by atoms with Crippen molar-refractivity contribution in [1.29, 1.82) is 0 Å². The first-order valence-corrected chi connectivity index (χ1v) is 7.35. The molecule has 1 aliphatic rings. The molecule has 0 aliphatic carbocycles. The molecule has 0 amide bonds. The second-order valence-electron chi connectivity index (χ2n) is 1.81. The van der Waals surface area contributed by atoms with Gasteiger partial charge >= 0.3 is 26.2 Å². The van der Waals surface area contributed by atoms with Gasteiger partial charge in [0.15, 0.2) is 0 Å². The summed E-state index contributed by atoms with van der Waals surface area (Å²) in [5.41, 5.74) is 0. The summed E-state index contributed by atoms with van der Waals surface area (Å²) in [4.78, 5) is 61.7. The predicted molar refractivity (Wildman–Crippen MR) is 20.5 cm³/mol. The molecule has 1 rings (SSSR count). The van der Waals surface area contributed by atoms with Gasteiger partial charge in [0, 0.05) is 0 Å². The second-order valence-corrected chi connectivity index (χ2v) is 7.26. The van der Waals surface area contributed by atoms with E-state index in [2.05, 4.69) is 12.3 Å². The Morgan fingerprint density at radius 1 is 0.538 bits per heavy atom. The Morgan fingerprint density at radius 3 is 0.846 bits per heavy atom. The summed E-state index contributed by atoms with van der Waals surface area (Å²) >= 11 is 0. The van der Waals surface area contributed by atoms with Gasteiger partial charge in [0.25, 0.3) is 0 Å². The molecule has 9 nitrogen and oxygen atoms in total. The molecule has 1 heterocycles. The van der Waals surface area contributed by atoms with E-state index in [1.165, 1.54) is 0 Å². The minimum absolute atomic E-state index is 0. The Morgan fingerprint density at radius 2 is 0.692 bits per heavy atom. The molecular formula is O9Si3Zr-2. The van der Waals surface area contributed by atoms with E-state index in [1.807, 2.05) is 0 Å². The van der Waals surface area contributed by atoms with Crippen molar-refractivity contribution in [3.63, 3.8) is 0 Å². The van der Waals surface area contributed by atoms with Crippen LogP contribution < -0.4 is 28.8 Å². The van der Waals surface area contributed by atoms with Crippen molar-refractivity contribution in [2.24, 2.45) is 0 Å². The molecule has 0 unspecified atom stereocenters. The van der Waals surface area contributed by atoms with Gasteiger partial charge < -0.3 is 41.1 Å². The van der Waals surface area contributed by atoms with Gasteiger partial charge in [-0.1, -0.05) is 0 Å². The maximum atomic E-state index is 10.3. The Hall–Kier alpha value is 1.17. The molecule has 0 spiro atoms. The van der Waals surface area contributed by atoms with E-state index in [-0.39, 0.29) is 26.2 Å². The first kappa shape index (κ1) is 14.2. The first-order chi connectivity index (χ1) is 5.12. The third kappa shape index (κ3) is 4.47. The molecule has 0 aromatic rings. The van der Waals surface area contributed by atoms with Crippen molar-refractivity contribution in [2.45, 2.75) is 0 Å². The molecule has 0 aromatic carbocycles. The van der Waals surface area contributed by atoms with Gasteiger partial charge in [-0.2, -0.15) is 0 Å². The minimum atomic E-state index is -5.61. The van der Waals surface area contributed by atoms with E-state index in [1.54, 1.807) is 0 Å². The van der Waals surface area contributed by atoms with Gasteiger partial charge in [0.1, 0.15) is 27.1 Å². The van der Waals surface area contributed by atoms with Crippen LogP contribution in [0.15, 0.2) is 0 Å². The van der Waals surface area contributed by atoms with E-state index in [9.17, 15) is 28.8 Å². The Bertz CT molecular complexity index is 142. The van der Waals surface area contributed by atoms with Crippen LogP contribution >= 0.6 is 0 Å². The number of hydrogen-bond donors (Lipinski definition) is 0. The quantitative estimate of drug-likeness (QED) is 0.394. The monoisotopic (exact) mass is 318 g/mol. The fourth-order valence-electron chi connectivity index (χ4n) is 0.522. The summed E-state index contributed by atoms with van der Waals surface area (Å²) in [6.07, 6.45) is 0. The normalized spacial score (nSPS) is 29.1. The molecular weight excluding hydrogens is 319 g/mol. The summed E-state index contributed by atoms with van der Waals surface area (Å²) in [5.74, 6) is 0. The van der Waals surface area contributed by atoms with Crippen LogP contribution in [0.4, 0.5) is 0 Å². The topological polar surface area (TPSA) is 166 Å². The third-order valence-corrected chi connectivity index (χ3v) is 6.75. The minimum Gasteiger partial charge on any atom is -0.829 e. The largest absolute Gasteiger partial charge is 4.00 e. The molecule has 0 bridgehead atoms. The summed E-state index contributed by atoms with van der Waals surface area (Å²) < 4.78 is 9.73. The SMILES string of the molecule is [O-][Si]1([O-])O[Si]([O-])([O-])O[Si]([O-])([O-])O1.[Zr+4]. The van der Waals surface area contributed by atoms with Crippen LogP contribution in [-0.4, -0.2) is 27.1 Å². The summed E-state index contributed by atoms with van der Waals surface area (Å²) in [6, 6.07) is 0. The van der Waals surface area contributed by atoms with Gasteiger partial charge in [-0.3, -0.25) is 0 Å². The maximum absolute atomic E-state index is 10.3. The summed E-state index contributed by atoms with van der Waals surface area (Å²) in [7, 11) is -16.8. The predicted octanol–water partition coefficient (Wildman–Crippen LogP) is -8.48. The van der Waals surface area contributed by atoms with E-state index >= 15 is 0 Å². The van der Waals surface area contributed by atoms with Gasteiger partial charge in [-0.25, -0.2) is 0 Å². The van der Waals surface area contributed by atoms with Gasteiger partial charge in [0.2, 0.25) is 0 Å². The zero-order chi connectivity index (χ0) is 9.62. The average Bonchev–Trinajstić information content (AvgIpc) is 1.44. The fraction of sp³-hybridized carbons (Fsp3) is 0. The summed E-state index contributed by atoms with van der Waals surface area (Å²) in [6.45, 7) is 0. The molecule has 0 aromatic heterocycles. The van der Waals surface area contributed by atoms with Crippen LogP contribution in [0.3, 0.4) is 0 Å². The van der Waals surface area contributed by atoms with Crippen molar-refractivity contribution in [3.8, 4) is 0 Å². The van der Waals surface area contributed by atoms with Crippen molar-refractivity contribution in [1.82, 2.24) is 0 Å². The van der Waals surface area contributed by atoms with Gasteiger partial charge in [-0.05, 0) is 0 Å². The van der Waals surface area contributed by atoms with Gasteiger partial charge in [-0.15, -0.1) is 0 Å². The molecule has 0 radical (unpaired) electrons. The average molecular weight is 319 g/mol. The van der Waals surface area contributed by atoms with Gasteiger partial charge in [0.05, 0.1) is 0 Å². The molecule has 0 atom stereocenters. The van der Waals surface area contributed by atoms with Crippen molar-refractivity contribution in [2.75, 3.05) is 0 Å². The zero-order valence-corrected chi connectivity index (χ0v) is 11.1.